The summed E-state index contributed by atoms with van der Waals surface area (Å²) in [6.07, 6.45) is 3.16. The van der Waals surface area contributed by atoms with Gasteiger partial charge in [0.1, 0.15) is 0 Å². The molecule has 0 fully saturated rings. The van der Waals surface area contributed by atoms with E-state index in [0.717, 1.165) is 19.4 Å². The van der Waals surface area contributed by atoms with Crippen LogP contribution in [0.25, 0.3) is 0 Å². The highest BCUT2D eigenvalue weighted by Crippen LogP contribution is 2.04. The van der Waals surface area contributed by atoms with Crippen molar-refractivity contribution >= 4 is 5.91 Å². The third-order valence-corrected chi connectivity index (χ3v) is 2.59. The number of rotatable bonds is 8. The maximum atomic E-state index is 10.9. The largest absolute Gasteiger partial charge is 0.377 e. The Bertz CT molecular complexity index is 371. The molecule has 0 unspecified atom stereocenters. The van der Waals surface area contributed by atoms with Crippen LogP contribution < -0.4 is 5.32 Å². The smallest absolute Gasteiger partial charge is 0.243 e. The molecule has 0 aliphatic heterocycles. The molecule has 0 spiro atoms. The molecule has 3 heteroatoms. The molecule has 0 atom stereocenters. The fraction of sp³-hybridized carbons (Fsp3) is 0.400. The summed E-state index contributed by atoms with van der Waals surface area (Å²) in [5.74, 6) is -0.115. The van der Waals surface area contributed by atoms with Gasteiger partial charge in [0.2, 0.25) is 5.91 Å². The number of hydrogen-bond acceptors (Lipinski definition) is 2. The molecule has 0 bridgehead atoms. The summed E-state index contributed by atoms with van der Waals surface area (Å²) < 4.78 is 5.56. The molecule has 1 aromatic carbocycles. The van der Waals surface area contributed by atoms with Gasteiger partial charge in [-0.25, -0.2) is 0 Å². The zero-order valence-corrected chi connectivity index (χ0v) is 10.9. The first-order valence-electron chi connectivity index (χ1n) is 6.26. The van der Waals surface area contributed by atoms with Crippen LogP contribution in [0.3, 0.4) is 0 Å². The summed E-state index contributed by atoms with van der Waals surface area (Å²) in [5.41, 5.74) is 2.46. The van der Waals surface area contributed by atoms with Crippen LogP contribution in [0.2, 0.25) is 0 Å². The molecule has 0 saturated carbocycles. The predicted octanol–water partition coefficient (Wildman–Crippen LogP) is 2.59. The van der Waals surface area contributed by atoms with Gasteiger partial charge < -0.3 is 10.1 Å². The number of carbonyl (C=O) groups is 1. The zero-order chi connectivity index (χ0) is 13.2. The summed E-state index contributed by atoms with van der Waals surface area (Å²) in [6, 6.07) is 8.34. The van der Waals surface area contributed by atoms with Gasteiger partial charge in [-0.15, -0.1) is 0 Å². The fourth-order valence-corrected chi connectivity index (χ4v) is 1.49. The van der Waals surface area contributed by atoms with E-state index in [1.807, 2.05) is 0 Å². The fourth-order valence-electron chi connectivity index (χ4n) is 1.49. The van der Waals surface area contributed by atoms with E-state index in [2.05, 4.69) is 43.1 Å². The second kappa shape index (κ2) is 8.48. The van der Waals surface area contributed by atoms with E-state index in [1.54, 1.807) is 0 Å². The molecule has 1 amide bonds. The normalized spacial score (nSPS) is 10.1. The van der Waals surface area contributed by atoms with E-state index in [9.17, 15) is 4.79 Å². The molecular weight excluding hydrogens is 226 g/mol. The summed E-state index contributed by atoms with van der Waals surface area (Å²) in [6.45, 7) is 7.52. The minimum absolute atomic E-state index is 0.115. The molecule has 0 heterocycles. The SMILES string of the molecule is C=CC(=O)NCCCCOCc1ccc(C)cc1. The molecule has 0 aromatic heterocycles. The van der Waals surface area contributed by atoms with Crippen molar-refractivity contribution in [3.63, 3.8) is 0 Å². The van der Waals surface area contributed by atoms with Crippen molar-refractivity contribution in [2.45, 2.75) is 26.4 Å². The minimum atomic E-state index is -0.115. The summed E-state index contributed by atoms with van der Waals surface area (Å²) in [4.78, 5) is 10.9. The Hall–Kier alpha value is -1.61. The molecular formula is C15H21NO2. The number of hydrogen-bond donors (Lipinski definition) is 1. The lowest BCUT2D eigenvalue weighted by Gasteiger charge is -2.05. The lowest BCUT2D eigenvalue weighted by Crippen LogP contribution is -2.22. The summed E-state index contributed by atoms with van der Waals surface area (Å²) in [5, 5.41) is 2.73. The molecule has 0 saturated heterocycles. The van der Waals surface area contributed by atoms with Gasteiger partial charge in [0.25, 0.3) is 0 Å². The van der Waals surface area contributed by atoms with Gasteiger partial charge in [-0.2, -0.15) is 0 Å². The molecule has 0 aliphatic rings. The van der Waals surface area contributed by atoms with Crippen molar-refractivity contribution in [1.82, 2.24) is 5.32 Å². The van der Waals surface area contributed by atoms with E-state index in [1.165, 1.54) is 17.2 Å². The van der Waals surface area contributed by atoms with Crippen LogP contribution in [0.4, 0.5) is 0 Å². The second-order valence-electron chi connectivity index (χ2n) is 4.24. The van der Waals surface area contributed by atoms with Crippen LogP contribution in [-0.2, 0) is 16.1 Å². The second-order valence-corrected chi connectivity index (χ2v) is 4.24. The van der Waals surface area contributed by atoms with Gasteiger partial charge in [0, 0.05) is 13.2 Å². The van der Waals surface area contributed by atoms with Crippen LogP contribution in [0.1, 0.15) is 24.0 Å². The molecule has 1 aromatic rings. The van der Waals surface area contributed by atoms with Gasteiger partial charge in [-0.05, 0) is 31.4 Å². The Kier molecular flexibility index (Phi) is 6.81. The maximum Gasteiger partial charge on any atom is 0.243 e. The standard InChI is InChI=1S/C15H21NO2/c1-3-15(17)16-10-4-5-11-18-12-14-8-6-13(2)7-9-14/h3,6-9H,1,4-5,10-12H2,2H3,(H,16,17). The first-order valence-corrected chi connectivity index (χ1v) is 6.26. The maximum absolute atomic E-state index is 10.9. The third-order valence-electron chi connectivity index (χ3n) is 2.59. The van der Waals surface area contributed by atoms with E-state index in [-0.39, 0.29) is 5.91 Å². The van der Waals surface area contributed by atoms with Crippen molar-refractivity contribution in [2.75, 3.05) is 13.2 Å². The average molecular weight is 247 g/mol. The zero-order valence-electron chi connectivity index (χ0n) is 10.9. The minimum Gasteiger partial charge on any atom is -0.377 e. The number of benzene rings is 1. The Morgan fingerprint density at radius 1 is 1.33 bits per heavy atom. The van der Waals surface area contributed by atoms with Crippen LogP contribution in [0, 0.1) is 6.92 Å². The third kappa shape index (κ3) is 6.21. The van der Waals surface area contributed by atoms with Gasteiger partial charge in [-0.1, -0.05) is 36.4 Å². The van der Waals surface area contributed by atoms with Crippen LogP contribution in [-0.4, -0.2) is 19.1 Å². The quantitative estimate of drug-likeness (QED) is 0.566. The number of ether oxygens (including phenoxy) is 1. The average Bonchev–Trinajstić information content (AvgIpc) is 2.39. The number of carbonyl (C=O) groups excluding carboxylic acids is 1. The number of aryl methyl sites for hydroxylation is 1. The van der Waals surface area contributed by atoms with Crippen molar-refractivity contribution in [1.29, 1.82) is 0 Å². The molecule has 18 heavy (non-hydrogen) atoms. The highest BCUT2D eigenvalue weighted by Gasteiger charge is 1.95. The van der Waals surface area contributed by atoms with Gasteiger partial charge in [0.05, 0.1) is 6.61 Å². The first-order chi connectivity index (χ1) is 8.72. The van der Waals surface area contributed by atoms with E-state index < -0.39 is 0 Å². The van der Waals surface area contributed by atoms with E-state index >= 15 is 0 Å². The van der Waals surface area contributed by atoms with Crippen molar-refractivity contribution < 1.29 is 9.53 Å². The van der Waals surface area contributed by atoms with Crippen molar-refractivity contribution in [3.8, 4) is 0 Å². The van der Waals surface area contributed by atoms with Crippen LogP contribution in [0.5, 0.6) is 0 Å². The van der Waals surface area contributed by atoms with Gasteiger partial charge in [-0.3, -0.25) is 4.79 Å². The topological polar surface area (TPSA) is 38.3 Å². The number of nitrogens with one attached hydrogen (secondary N) is 1. The van der Waals surface area contributed by atoms with E-state index in [0.29, 0.717) is 13.2 Å². The van der Waals surface area contributed by atoms with Crippen LogP contribution >= 0.6 is 0 Å². The van der Waals surface area contributed by atoms with E-state index in [4.69, 9.17) is 4.74 Å². The molecule has 1 rings (SSSR count). The molecule has 3 nitrogen and oxygen atoms in total. The molecule has 1 N–H and O–H groups in total. The Morgan fingerprint density at radius 2 is 2.06 bits per heavy atom. The van der Waals surface area contributed by atoms with Gasteiger partial charge in [0.15, 0.2) is 0 Å². The van der Waals surface area contributed by atoms with Gasteiger partial charge >= 0.3 is 0 Å². The van der Waals surface area contributed by atoms with Crippen molar-refractivity contribution in [2.24, 2.45) is 0 Å². The lowest BCUT2D eigenvalue weighted by atomic mass is 10.2. The summed E-state index contributed by atoms with van der Waals surface area (Å²) in [7, 11) is 0. The molecule has 98 valence electrons. The van der Waals surface area contributed by atoms with Crippen molar-refractivity contribution in [3.05, 3.63) is 48.0 Å². The van der Waals surface area contributed by atoms with Crippen LogP contribution in [0.15, 0.2) is 36.9 Å². The lowest BCUT2D eigenvalue weighted by molar-refractivity contribution is -0.116. The Balaban J connectivity index is 2.00. The highest BCUT2D eigenvalue weighted by atomic mass is 16.5. The number of unbranched alkanes of at least 4 members (excludes halogenated alkanes) is 1. The number of amides is 1. The monoisotopic (exact) mass is 247 g/mol. The highest BCUT2D eigenvalue weighted by molar-refractivity contribution is 5.86. The summed E-state index contributed by atoms with van der Waals surface area (Å²) >= 11 is 0. The Morgan fingerprint density at radius 3 is 2.72 bits per heavy atom. The molecule has 0 aliphatic carbocycles. The Labute approximate surface area is 109 Å². The predicted molar refractivity (Wildman–Crippen MR) is 73.3 cm³/mol. The first kappa shape index (κ1) is 14.5. The molecule has 0 radical (unpaired) electrons.